The van der Waals surface area contributed by atoms with Gasteiger partial charge in [0.05, 0.1) is 14.2 Å². The van der Waals surface area contributed by atoms with E-state index in [0.29, 0.717) is 23.6 Å². The number of nitrogens with one attached hydrogen (secondary N) is 1. The van der Waals surface area contributed by atoms with E-state index in [9.17, 15) is 4.79 Å². The predicted molar refractivity (Wildman–Crippen MR) is 108 cm³/mol. The standard InChI is InChI=1S/C22H28N2O3/c1-15-7-9-18(12-16(15)2)23-19-6-5-11-24(14-19)22(25)17-8-10-20(26-3)21(13-17)27-4/h7-10,12-13,19,23H,5-6,11,14H2,1-4H3/t19-/m0/s1. The second-order valence-corrected chi connectivity index (χ2v) is 7.10. The topological polar surface area (TPSA) is 50.8 Å². The van der Waals surface area contributed by atoms with Crippen molar-refractivity contribution in [1.29, 1.82) is 0 Å². The second-order valence-electron chi connectivity index (χ2n) is 7.10. The van der Waals surface area contributed by atoms with E-state index in [4.69, 9.17) is 9.47 Å². The number of aryl methyl sites for hydroxylation is 2. The Morgan fingerprint density at radius 3 is 2.52 bits per heavy atom. The van der Waals surface area contributed by atoms with Gasteiger partial charge >= 0.3 is 0 Å². The van der Waals surface area contributed by atoms with E-state index in [0.717, 1.165) is 25.1 Å². The number of benzene rings is 2. The SMILES string of the molecule is COc1ccc(C(=O)N2CCC[C@H](Nc3ccc(C)c(C)c3)C2)cc1OC. The van der Waals surface area contributed by atoms with Crippen molar-refractivity contribution < 1.29 is 14.3 Å². The number of anilines is 1. The molecule has 0 aliphatic carbocycles. The number of amides is 1. The fraction of sp³-hybridized carbons (Fsp3) is 0.409. The molecular formula is C22H28N2O3. The van der Waals surface area contributed by atoms with Crippen LogP contribution in [0.2, 0.25) is 0 Å². The van der Waals surface area contributed by atoms with Gasteiger partial charge in [-0.05, 0) is 68.1 Å². The Hall–Kier alpha value is -2.69. The second kappa shape index (κ2) is 8.33. The first-order chi connectivity index (χ1) is 13.0. The molecule has 2 aromatic rings. The molecule has 1 amide bonds. The molecule has 1 saturated heterocycles. The van der Waals surface area contributed by atoms with E-state index >= 15 is 0 Å². The summed E-state index contributed by atoms with van der Waals surface area (Å²) in [6, 6.07) is 12.0. The van der Waals surface area contributed by atoms with Crippen LogP contribution in [0.1, 0.15) is 34.3 Å². The fourth-order valence-electron chi connectivity index (χ4n) is 3.50. The molecule has 0 radical (unpaired) electrons. The van der Waals surface area contributed by atoms with Gasteiger partial charge in [-0.15, -0.1) is 0 Å². The predicted octanol–water partition coefficient (Wildman–Crippen LogP) is 4.04. The molecule has 0 unspecified atom stereocenters. The lowest BCUT2D eigenvalue weighted by Crippen LogP contribution is -2.45. The zero-order valence-corrected chi connectivity index (χ0v) is 16.5. The van der Waals surface area contributed by atoms with Crippen LogP contribution in [0.25, 0.3) is 0 Å². The molecule has 5 nitrogen and oxygen atoms in total. The van der Waals surface area contributed by atoms with Crippen molar-refractivity contribution in [2.75, 3.05) is 32.6 Å². The van der Waals surface area contributed by atoms with Crippen molar-refractivity contribution in [3.05, 3.63) is 53.1 Å². The first-order valence-corrected chi connectivity index (χ1v) is 9.37. The van der Waals surface area contributed by atoms with Crippen LogP contribution in [0.4, 0.5) is 5.69 Å². The third-order valence-electron chi connectivity index (χ3n) is 5.22. The van der Waals surface area contributed by atoms with Gasteiger partial charge in [-0.3, -0.25) is 4.79 Å². The number of carbonyl (C=O) groups is 1. The number of likely N-dealkylation sites (tertiary alicyclic amines) is 1. The maximum absolute atomic E-state index is 13.0. The number of rotatable bonds is 5. The van der Waals surface area contributed by atoms with Crippen LogP contribution in [-0.4, -0.2) is 44.2 Å². The van der Waals surface area contributed by atoms with E-state index < -0.39 is 0 Å². The summed E-state index contributed by atoms with van der Waals surface area (Å²) in [5.74, 6) is 1.23. The summed E-state index contributed by atoms with van der Waals surface area (Å²) in [6.45, 7) is 5.70. The molecule has 144 valence electrons. The number of piperidine rings is 1. The molecule has 1 N–H and O–H groups in total. The van der Waals surface area contributed by atoms with E-state index in [2.05, 4.69) is 37.4 Å². The summed E-state index contributed by atoms with van der Waals surface area (Å²) in [5, 5.41) is 3.59. The number of hydrogen-bond acceptors (Lipinski definition) is 4. The van der Waals surface area contributed by atoms with Gasteiger partial charge in [0, 0.05) is 30.4 Å². The minimum Gasteiger partial charge on any atom is -0.493 e. The van der Waals surface area contributed by atoms with Crippen molar-refractivity contribution in [2.45, 2.75) is 32.7 Å². The van der Waals surface area contributed by atoms with E-state index in [1.165, 1.54) is 11.1 Å². The molecule has 1 heterocycles. The van der Waals surface area contributed by atoms with Crippen molar-refractivity contribution in [2.24, 2.45) is 0 Å². The highest BCUT2D eigenvalue weighted by Crippen LogP contribution is 2.28. The first-order valence-electron chi connectivity index (χ1n) is 9.37. The highest BCUT2D eigenvalue weighted by atomic mass is 16.5. The molecule has 0 aromatic heterocycles. The minimum absolute atomic E-state index is 0.0301. The Kier molecular flexibility index (Phi) is 5.89. The van der Waals surface area contributed by atoms with Crippen LogP contribution >= 0.6 is 0 Å². The van der Waals surface area contributed by atoms with Gasteiger partial charge in [0.1, 0.15) is 0 Å². The zero-order valence-electron chi connectivity index (χ0n) is 16.5. The highest BCUT2D eigenvalue weighted by Gasteiger charge is 2.25. The average molecular weight is 368 g/mol. The molecule has 2 aromatic carbocycles. The summed E-state index contributed by atoms with van der Waals surface area (Å²) in [6.07, 6.45) is 2.05. The van der Waals surface area contributed by atoms with Crippen LogP contribution < -0.4 is 14.8 Å². The van der Waals surface area contributed by atoms with Crippen molar-refractivity contribution in [1.82, 2.24) is 4.90 Å². The zero-order chi connectivity index (χ0) is 19.4. The molecule has 0 saturated carbocycles. The normalized spacial score (nSPS) is 16.7. The minimum atomic E-state index is 0.0301. The molecule has 0 spiro atoms. The Labute approximate surface area is 161 Å². The Morgan fingerprint density at radius 2 is 1.81 bits per heavy atom. The van der Waals surface area contributed by atoms with E-state index in [-0.39, 0.29) is 11.9 Å². The average Bonchev–Trinajstić information content (AvgIpc) is 2.70. The number of ether oxygens (including phenoxy) is 2. The smallest absolute Gasteiger partial charge is 0.254 e. The van der Waals surface area contributed by atoms with E-state index in [1.54, 1.807) is 32.4 Å². The lowest BCUT2D eigenvalue weighted by atomic mass is 10.0. The Balaban J connectivity index is 1.70. The highest BCUT2D eigenvalue weighted by molar-refractivity contribution is 5.95. The van der Waals surface area contributed by atoms with Crippen molar-refractivity contribution in [3.63, 3.8) is 0 Å². The van der Waals surface area contributed by atoms with Gasteiger partial charge < -0.3 is 19.7 Å². The van der Waals surface area contributed by atoms with E-state index in [1.807, 2.05) is 4.90 Å². The van der Waals surface area contributed by atoms with Gasteiger partial charge in [0.15, 0.2) is 11.5 Å². The Morgan fingerprint density at radius 1 is 1.04 bits per heavy atom. The number of nitrogens with zero attached hydrogens (tertiary/aromatic N) is 1. The van der Waals surface area contributed by atoms with Gasteiger partial charge in [-0.25, -0.2) is 0 Å². The summed E-state index contributed by atoms with van der Waals surface area (Å²) in [7, 11) is 3.17. The third-order valence-corrected chi connectivity index (χ3v) is 5.22. The van der Waals surface area contributed by atoms with Crippen LogP contribution in [0.15, 0.2) is 36.4 Å². The van der Waals surface area contributed by atoms with Gasteiger partial charge in [-0.2, -0.15) is 0 Å². The fourth-order valence-corrected chi connectivity index (χ4v) is 3.50. The maximum atomic E-state index is 13.0. The quantitative estimate of drug-likeness (QED) is 0.865. The maximum Gasteiger partial charge on any atom is 0.254 e. The number of methoxy groups -OCH3 is 2. The van der Waals surface area contributed by atoms with Crippen LogP contribution in [0.3, 0.4) is 0 Å². The molecule has 0 bridgehead atoms. The summed E-state index contributed by atoms with van der Waals surface area (Å²) >= 11 is 0. The molecule has 27 heavy (non-hydrogen) atoms. The summed E-state index contributed by atoms with van der Waals surface area (Å²) in [4.78, 5) is 14.9. The monoisotopic (exact) mass is 368 g/mol. The number of hydrogen-bond donors (Lipinski definition) is 1. The Bertz CT molecular complexity index is 819. The molecule has 5 heteroatoms. The van der Waals surface area contributed by atoms with Crippen molar-refractivity contribution in [3.8, 4) is 11.5 Å². The van der Waals surface area contributed by atoms with Gasteiger partial charge in [0.2, 0.25) is 0 Å². The van der Waals surface area contributed by atoms with Gasteiger partial charge in [0.25, 0.3) is 5.91 Å². The molecule has 3 rings (SSSR count). The van der Waals surface area contributed by atoms with Crippen molar-refractivity contribution >= 4 is 11.6 Å². The summed E-state index contributed by atoms with van der Waals surface area (Å²) in [5.41, 5.74) is 4.30. The molecule has 1 fully saturated rings. The van der Waals surface area contributed by atoms with Gasteiger partial charge in [-0.1, -0.05) is 6.07 Å². The van der Waals surface area contributed by atoms with Crippen LogP contribution in [0, 0.1) is 13.8 Å². The molecular weight excluding hydrogens is 340 g/mol. The lowest BCUT2D eigenvalue weighted by Gasteiger charge is -2.34. The van der Waals surface area contributed by atoms with Crippen LogP contribution in [0.5, 0.6) is 11.5 Å². The molecule has 1 atom stereocenters. The number of carbonyl (C=O) groups excluding carboxylic acids is 1. The first kappa shape index (κ1) is 19.1. The largest absolute Gasteiger partial charge is 0.493 e. The molecule has 1 aliphatic heterocycles. The summed E-state index contributed by atoms with van der Waals surface area (Å²) < 4.78 is 10.6. The lowest BCUT2D eigenvalue weighted by molar-refractivity contribution is 0.0714. The van der Waals surface area contributed by atoms with Crippen LogP contribution in [-0.2, 0) is 0 Å². The molecule has 1 aliphatic rings. The third kappa shape index (κ3) is 4.35.